The molecule has 1 aromatic heterocycles. The maximum atomic E-state index is 13.1. The van der Waals surface area contributed by atoms with Crippen molar-refractivity contribution in [3.63, 3.8) is 0 Å². The fourth-order valence-electron chi connectivity index (χ4n) is 2.78. The Hall–Kier alpha value is -2.27. The van der Waals surface area contributed by atoms with Gasteiger partial charge in [-0.3, -0.25) is 9.69 Å². The van der Waals surface area contributed by atoms with Crippen LogP contribution in [0.5, 0.6) is 5.75 Å². The molecule has 0 spiro atoms. The van der Waals surface area contributed by atoms with E-state index < -0.39 is 27.3 Å². The summed E-state index contributed by atoms with van der Waals surface area (Å²) in [5.41, 5.74) is 0.615. The maximum Gasteiger partial charge on any atom is 0.244 e. The number of amides is 1. The van der Waals surface area contributed by atoms with Gasteiger partial charge in [0.15, 0.2) is 15.0 Å². The Morgan fingerprint density at radius 3 is 2.42 bits per heavy atom. The van der Waals surface area contributed by atoms with Crippen LogP contribution in [0.2, 0.25) is 0 Å². The van der Waals surface area contributed by atoms with Crippen molar-refractivity contribution in [3.05, 3.63) is 48.3 Å². The minimum atomic E-state index is -3.93. The van der Waals surface area contributed by atoms with E-state index in [-0.39, 0.29) is 23.8 Å². The molecule has 2 aromatic carbocycles. The summed E-state index contributed by atoms with van der Waals surface area (Å²) in [5, 5.41) is 0.399. The number of anilines is 1. The lowest BCUT2D eigenvalue weighted by molar-refractivity contribution is -0.116. The molecule has 3 aromatic rings. The Morgan fingerprint density at radius 2 is 1.81 bits per heavy atom. The van der Waals surface area contributed by atoms with Gasteiger partial charge in [-0.2, -0.15) is 0 Å². The number of benzene rings is 2. The van der Waals surface area contributed by atoms with E-state index in [1.807, 2.05) is 31.1 Å². The van der Waals surface area contributed by atoms with Crippen molar-refractivity contribution in [2.75, 3.05) is 44.9 Å². The van der Waals surface area contributed by atoms with Gasteiger partial charge in [-0.25, -0.2) is 17.8 Å². The molecular formula is C20H23ClFN3O4S2. The van der Waals surface area contributed by atoms with Crippen molar-refractivity contribution in [2.24, 2.45) is 0 Å². The van der Waals surface area contributed by atoms with E-state index in [1.165, 1.54) is 23.3 Å². The lowest BCUT2D eigenvalue weighted by atomic mass is 10.3. The van der Waals surface area contributed by atoms with Gasteiger partial charge >= 0.3 is 0 Å². The lowest BCUT2D eigenvalue weighted by Gasteiger charge is -2.22. The number of aromatic nitrogens is 1. The zero-order valence-corrected chi connectivity index (χ0v) is 19.7. The zero-order chi connectivity index (χ0) is 21.9. The highest BCUT2D eigenvalue weighted by Gasteiger charge is 2.27. The van der Waals surface area contributed by atoms with E-state index in [2.05, 4.69) is 4.98 Å². The molecule has 0 unspecified atom stereocenters. The molecule has 0 bridgehead atoms. The van der Waals surface area contributed by atoms with Gasteiger partial charge in [-0.15, -0.1) is 12.4 Å². The van der Waals surface area contributed by atoms with Gasteiger partial charge in [0.25, 0.3) is 0 Å². The molecule has 31 heavy (non-hydrogen) atoms. The second kappa shape index (κ2) is 10.4. The average molecular weight is 488 g/mol. The van der Waals surface area contributed by atoms with Crippen molar-refractivity contribution in [2.45, 2.75) is 4.90 Å². The number of halogens is 2. The van der Waals surface area contributed by atoms with E-state index in [0.29, 0.717) is 22.9 Å². The maximum absolute atomic E-state index is 13.1. The molecule has 0 radical (unpaired) electrons. The number of para-hydroxylation sites is 1. The molecule has 0 fully saturated rings. The van der Waals surface area contributed by atoms with Crippen LogP contribution in [0.3, 0.4) is 0 Å². The predicted molar refractivity (Wildman–Crippen MR) is 123 cm³/mol. The molecule has 1 amide bonds. The molecule has 1 heterocycles. The van der Waals surface area contributed by atoms with Crippen molar-refractivity contribution in [3.8, 4) is 5.75 Å². The van der Waals surface area contributed by atoms with Crippen LogP contribution >= 0.6 is 23.7 Å². The van der Waals surface area contributed by atoms with E-state index in [9.17, 15) is 17.6 Å². The first-order valence-electron chi connectivity index (χ1n) is 9.08. The number of hydrogen-bond donors (Lipinski definition) is 0. The quantitative estimate of drug-likeness (QED) is 0.454. The Balaban J connectivity index is 0.00000341. The summed E-state index contributed by atoms with van der Waals surface area (Å²) < 4.78 is 44.7. The number of fused-ring (bicyclic) bond motifs is 1. The van der Waals surface area contributed by atoms with Gasteiger partial charge in [0.05, 0.1) is 16.7 Å². The second-order valence-corrected chi connectivity index (χ2v) is 9.86. The number of rotatable bonds is 8. The van der Waals surface area contributed by atoms with Crippen molar-refractivity contribution >= 4 is 54.8 Å². The third-order valence-corrected chi connectivity index (χ3v) is 7.04. The van der Waals surface area contributed by atoms with Gasteiger partial charge in [0.2, 0.25) is 5.91 Å². The smallest absolute Gasteiger partial charge is 0.244 e. The summed E-state index contributed by atoms with van der Waals surface area (Å²) >= 11 is 1.29. The third-order valence-electron chi connectivity index (χ3n) is 4.38. The normalized spacial score (nSPS) is 11.4. The highest BCUT2D eigenvalue weighted by atomic mass is 35.5. The van der Waals surface area contributed by atoms with Crippen LogP contribution in [-0.2, 0) is 14.6 Å². The van der Waals surface area contributed by atoms with E-state index in [1.54, 1.807) is 6.07 Å². The van der Waals surface area contributed by atoms with Gasteiger partial charge in [-0.1, -0.05) is 17.4 Å². The van der Waals surface area contributed by atoms with Crippen molar-refractivity contribution in [1.82, 2.24) is 9.88 Å². The van der Waals surface area contributed by atoms with E-state index in [4.69, 9.17) is 4.74 Å². The first-order chi connectivity index (χ1) is 14.2. The minimum Gasteiger partial charge on any atom is -0.494 e. The molecule has 7 nitrogen and oxygen atoms in total. The highest BCUT2D eigenvalue weighted by Crippen LogP contribution is 2.34. The molecule has 0 atom stereocenters. The van der Waals surface area contributed by atoms with Gasteiger partial charge in [0, 0.05) is 13.1 Å². The molecule has 0 aliphatic rings. The van der Waals surface area contributed by atoms with Crippen LogP contribution in [0.15, 0.2) is 47.4 Å². The number of ether oxygens (including phenoxy) is 1. The standard InChI is InChI=1S/C20H22FN3O4S2.ClH/c1-23(2)11-12-24(20-22-19-16(28-3)5-4-6-17(19)29-20)18(25)13-30(26,27)15-9-7-14(21)8-10-15;/h4-10H,11-13H2,1-3H3;1H. The number of hydrogen-bond acceptors (Lipinski definition) is 7. The topological polar surface area (TPSA) is 79.8 Å². The predicted octanol–water partition coefficient (Wildman–Crippen LogP) is 3.23. The molecule has 0 N–H and O–H groups in total. The molecular weight excluding hydrogens is 465 g/mol. The van der Waals surface area contributed by atoms with Crippen LogP contribution in [0.25, 0.3) is 10.2 Å². The third kappa shape index (κ3) is 5.91. The molecule has 168 valence electrons. The van der Waals surface area contributed by atoms with E-state index >= 15 is 0 Å². The first kappa shape index (κ1) is 25.0. The molecule has 0 aliphatic heterocycles. The average Bonchev–Trinajstić information content (AvgIpc) is 3.11. The van der Waals surface area contributed by atoms with Crippen LogP contribution in [0.1, 0.15) is 0 Å². The summed E-state index contributed by atoms with van der Waals surface area (Å²) in [5.74, 6) is -1.30. The summed E-state index contributed by atoms with van der Waals surface area (Å²) in [6.07, 6.45) is 0. The highest BCUT2D eigenvalue weighted by molar-refractivity contribution is 7.92. The minimum absolute atomic E-state index is 0. The fourth-order valence-corrected chi connectivity index (χ4v) is 5.01. The van der Waals surface area contributed by atoms with Crippen LogP contribution in [0.4, 0.5) is 9.52 Å². The molecule has 11 heteroatoms. The van der Waals surface area contributed by atoms with Crippen molar-refractivity contribution < 1.29 is 22.3 Å². The van der Waals surface area contributed by atoms with Crippen LogP contribution in [-0.4, -0.2) is 64.3 Å². The van der Waals surface area contributed by atoms with Gasteiger partial charge < -0.3 is 9.64 Å². The molecule has 0 saturated carbocycles. The number of carbonyl (C=O) groups is 1. The molecule has 0 aliphatic carbocycles. The largest absolute Gasteiger partial charge is 0.494 e. The Kier molecular flexibility index (Phi) is 8.35. The second-order valence-electron chi connectivity index (χ2n) is 6.87. The molecule has 0 saturated heterocycles. The van der Waals surface area contributed by atoms with Crippen LogP contribution in [0, 0.1) is 5.82 Å². The summed E-state index contributed by atoms with van der Waals surface area (Å²) in [4.78, 5) is 20.7. The Morgan fingerprint density at radius 1 is 1.13 bits per heavy atom. The summed E-state index contributed by atoms with van der Waals surface area (Å²) in [7, 11) is 1.33. The van der Waals surface area contributed by atoms with Crippen LogP contribution < -0.4 is 9.64 Å². The molecule has 3 rings (SSSR count). The monoisotopic (exact) mass is 487 g/mol. The Bertz CT molecular complexity index is 1150. The summed E-state index contributed by atoms with van der Waals surface area (Å²) in [6.45, 7) is 0.794. The van der Waals surface area contributed by atoms with Gasteiger partial charge in [-0.05, 0) is 50.5 Å². The summed E-state index contributed by atoms with van der Waals surface area (Å²) in [6, 6.07) is 9.89. The number of thiazole rings is 1. The van der Waals surface area contributed by atoms with Gasteiger partial charge in [0.1, 0.15) is 22.8 Å². The lowest BCUT2D eigenvalue weighted by Crippen LogP contribution is -2.40. The Labute approximate surface area is 190 Å². The van der Waals surface area contributed by atoms with Crippen molar-refractivity contribution in [1.29, 1.82) is 0 Å². The number of likely N-dealkylation sites (N-methyl/N-ethyl adjacent to an activating group) is 1. The number of nitrogens with zero attached hydrogens (tertiary/aromatic N) is 3. The zero-order valence-electron chi connectivity index (χ0n) is 17.2. The first-order valence-corrected chi connectivity index (χ1v) is 11.5. The number of methoxy groups -OCH3 is 1. The number of carbonyl (C=O) groups excluding carboxylic acids is 1. The van der Waals surface area contributed by atoms with E-state index in [0.717, 1.165) is 29.0 Å². The SMILES string of the molecule is COc1cccc2sc(N(CCN(C)C)C(=O)CS(=O)(=O)c3ccc(F)cc3)nc12.Cl. The number of sulfone groups is 1. The fraction of sp³-hybridized carbons (Fsp3) is 0.300.